The number of rotatable bonds is 7. The van der Waals surface area contributed by atoms with E-state index in [0.29, 0.717) is 28.9 Å². The van der Waals surface area contributed by atoms with Gasteiger partial charge in [0.15, 0.2) is 5.11 Å². The number of likely N-dealkylation sites (N-methyl/N-ethyl adjacent to an activating group) is 1. The number of nitrogens with one attached hydrogen (secondary N) is 2. The van der Waals surface area contributed by atoms with Gasteiger partial charge in [-0.15, -0.1) is 0 Å². The molecule has 7 heteroatoms. The summed E-state index contributed by atoms with van der Waals surface area (Å²) in [5.41, 5.74) is 1.30. The van der Waals surface area contributed by atoms with E-state index in [9.17, 15) is 4.39 Å². The van der Waals surface area contributed by atoms with E-state index in [2.05, 4.69) is 10.6 Å². The third-order valence-corrected chi connectivity index (χ3v) is 4.41. The molecule has 2 aromatic carbocycles. The van der Waals surface area contributed by atoms with Crippen LogP contribution in [0.5, 0.6) is 5.75 Å². The van der Waals surface area contributed by atoms with Gasteiger partial charge in [-0.1, -0.05) is 17.7 Å². The van der Waals surface area contributed by atoms with Gasteiger partial charge < -0.3 is 20.3 Å². The van der Waals surface area contributed by atoms with Crippen molar-refractivity contribution in [2.75, 3.05) is 32.6 Å². The van der Waals surface area contributed by atoms with Crippen LogP contribution < -0.4 is 15.4 Å². The lowest BCUT2D eigenvalue weighted by atomic mass is 10.1. The van der Waals surface area contributed by atoms with Crippen molar-refractivity contribution in [1.29, 1.82) is 0 Å². The van der Waals surface area contributed by atoms with Gasteiger partial charge in [-0.05, 0) is 69.6 Å². The van der Waals surface area contributed by atoms with Gasteiger partial charge in [0, 0.05) is 22.8 Å². The van der Waals surface area contributed by atoms with Crippen molar-refractivity contribution in [2.24, 2.45) is 0 Å². The lowest BCUT2D eigenvalue weighted by Crippen LogP contribution is -2.37. The van der Waals surface area contributed by atoms with Crippen LogP contribution in [0, 0.1) is 5.82 Å². The molecular weight excluding hydrogens is 373 g/mol. The summed E-state index contributed by atoms with van der Waals surface area (Å²) in [6.45, 7) is 2.97. The summed E-state index contributed by atoms with van der Waals surface area (Å²) in [5, 5.41) is 7.08. The number of benzene rings is 2. The molecule has 4 nitrogen and oxygen atoms in total. The fourth-order valence-electron chi connectivity index (χ4n) is 2.54. The summed E-state index contributed by atoms with van der Waals surface area (Å²) < 4.78 is 19.6. The van der Waals surface area contributed by atoms with Crippen LogP contribution in [-0.4, -0.2) is 37.3 Å². The van der Waals surface area contributed by atoms with Crippen molar-refractivity contribution in [2.45, 2.75) is 13.0 Å². The molecule has 2 rings (SSSR count). The SMILES string of the molecule is CCOc1ccc(NC(=S)NC[C@@H](c2c(F)cccc2Cl)N(C)C)cc1. The van der Waals surface area contributed by atoms with Gasteiger partial charge in [-0.25, -0.2) is 4.39 Å². The van der Waals surface area contributed by atoms with E-state index in [0.717, 1.165) is 11.4 Å². The van der Waals surface area contributed by atoms with E-state index in [1.54, 1.807) is 12.1 Å². The van der Waals surface area contributed by atoms with Crippen molar-refractivity contribution in [3.05, 3.63) is 58.9 Å². The Balaban J connectivity index is 1.99. The van der Waals surface area contributed by atoms with E-state index in [1.165, 1.54) is 6.07 Å². The Kier molecular flexibility index (Phi) is 7.63. The highest BCUT2D eigenvalue weighted by Gasteiger charge is 2.21. The molecular formula is C19H23ClFN3OS. The Morgan fingerprint density at radius 1 is 1.23 bits per heavy atom. The van der Waals surface area contributed by atoms with E-state index in [-0.39, 0.29) is 11.9 Å². The van der Waals surface area contributed by atoms with Crippen molar-refractivity contribution in [3.8, 4) is 5.75 Å². The topological polar surface area (TPSA) is 36.5 Å². The third-order valence-electron chi connectivity index (χ3n) is 3.84. The molecule has 0 aliphatic rings. The molecule has 140 valence electrons. The first kappa shape index (κ1) is 20.4. The van der Waals surface area contributed by atoms with Crippen LogP contribution in [-0.2, 0) is 0 Å². The number of halogens is 2. The van der Waals surface area contributed by atoms with Crippen LogP contribution >= 0.6 is 23.8 Å². The molecule has 26 heavy (non-hydrogen) atoms. The molecule has 0 aliphatic heterocycles. The number of anilines is 1. The standard InChI is InChI=1S/C19H23ClFN3OS/c1-4-25-14-10-8-13(9-11-14)23-19(26)22-12-17(24(2)3)18-15(20)6-5-7-16(18)21/h5-11,17H,4,12H2,1-3H3,(H2,22,23,26)/t17-/m0/s1. The molecule has 0 fully saturated rings. The molecule has 0 unspecified atom stereocenters. The van der Waals surface area contributed by atoms with Gasteiger partial charge in [0.1, 0.15) is 11.6 Å². The van der Waals surface area contributed by atoms with Crippen molar-refractivity contribution < 1.29 is 9.13 Å². The molecule has 2 aromatic rings. The Morgan fingerprint density at radius 3 is 2.50 bits per heavy atom. The van der Waals surface area contributed by atoms with Crippen LogP contribution in [0.1, 0.15) is 18.5 Å². The summed E-state index contributed by atoms with van der Waals surface area (Å²) in [7, 11) is 3.75. The quantitative estimate of drug-likeness (QED) is 0.676. The van der Waals surface area contributed by atoms with E-state index < -0.39 is 0 Å². The fourth-order valence-corrected chi connectivity index (χ4v) is 3.03. The van der Waals surface area contributed by atoms with Gasteiger partial charge in [0.2, 0.25) is 0 Å². The smallest absolute Gasteiger partial charge is 0.170 e. The van der Waals surface area contributed by atoms with Crippen molar-refractivity contribution in [3.63, 3.8) is 0 Å². The predicted octanol–water partition coefficient (Wildman–Crippen LogP) is 4.47. The second-order valence-corrected chi connectivity index (χ2v) is 6.72. The van der Waals surface area contributed by atoms with Gasteiger partial charge in [0.05, 0.1) is 12.6 Å². The van der Waals surface area contributed by atoms with Crippen LogP contribution in [0.25, 0.3) is 0 Å². The number of hydrogen-bond acceptors (Lipinski definition) is 3. The summed E-state index contributed by atoms with van der Waals surface area (Å²) in [6, 6.07) is 11.9. The van der Waals surface area contributed by atoms with Crippen LogP contribution in [0.3, 0.4) is 0 Å². The van der Waals surface area contributed by atoms with Gasteiger partial charge in [-0.2, -0.15) is 0 Å². The van der Waals surface area contributed by atoms with Crippen LogP contribution in [0.15, 0.2) is 42.5 Å². The van der Waals surface area contributed by atoms with Crippen molar-refractivity contribution in [1.82, 2.24) is 10.2 Å². The minimum absolute atomic E-state index is 0.260. The molecule has 0 spiro atoms. The maximum atomic E-state index is 14.2. The molecule has 2 N–H and O–H groups in total. The third kappa shape index (κ3) is 5.56. The van der Waals surface area contributed by atoms with Crippen LogP contribution in [0.2, 0.25) is 5.02 Å². The molecule has 0 saturated heterocycles. The van der Waals surface area contributed by atoms with Crippen molar-refractivity contribution >= 4 is 34.6 Å². The first-order valence-electron chi connectivity index (χ1n) is 8.30. The van der Waals surface area contributed by atoms with E-state index in [4.69, 9.17) is 28.6 Å². The highest BCUT2D eigenvalue weighted by molar-refractivity contribution is 7.80. The normalized spacial score (nSPS) is 11.9. The average Bonchev–Trinajstić information content (AvgIpc) is 2.59. The highest BCUT2D eigenvalue weighted by Crippen LogP contribution is 2.28. The second-order valence-electron chi connectivity index (χ2n) is 5.91. The molecule has 0 radical (unpaired) electrons. The highest BCUT2D eigenvalue weighted by atomic mass is 35.5. The Morgan fingerprint density at radius 2 is 1.92 bits per heavy atom. The summed E-state index contributed by atoms with van der Waals surface area (Å²) in [5.74, 6) is 0.474. The van der Waals surface area contributed by atoms with E-state index in [1.807, 2.05) is 50.2 Å². The molecule has 0 aromatic heterocycles. The monoisotopic (exact) mass is 395 g/mol. The Hall–Kier alpha value is -1.89. The summed E-state index contributed by atoms with van der Waals surface area (Å²) in [4.78, 5) is 1.90. The first-order valence-corrected chi connectivity index (χ1v) is 9.09. The molecule has 1 atom stereocenters. The maximum Gasteiger partial charge on any atom is 0.170 e. The number of thiocarbonyl (C=S) groups is 1. The lowest BCUT2D eigenvalue weighted by Gasteiger charge is -2.27. The Labute approximate surface area is 164 Å². The van der Waals surface area contributed by atoms with Gasteiger partial charge in [-0.3, -0.25) is 0 Å². The zero-order chi connectivity index (χ0) is 19.1. The molecule has 0 amide bonds. The summed E-state index contributed by atoms with van der Waals surface area (Å²) >= 11 is 11.5. The minimum Gasteiger partial charge on any atom is -0.494 e. The van der Waals surface area contributed by atoms with E-state index >= 15 is 0 Å². The number of nitrogens with zero attached hydrogens (tertiary/aromatic N) is 1. The van der Waals surface area contributed by atoms with Gasteiger partial charge in [0.25, 0.3) is 0 Å². The number of ether oxygens (including phenoxy) is 1. The Bertz CT molecular complexity index is 720. The molecule has 0 bridgehead atoms. The minimum atomic E-state index is -0.330. The number of hydrogen-bond donors (Lipinski definition) is 2. The molecule has 0 saturated carbocycles. The zero-order valence-electron chi connectivity index (χ0n) is 15.1. The predicted molar refractivity (Wildman–Crippen MR) is 110 cm³/mol. The summed E-state index contributed by atoms with van der Waals surface area (Å²) in [6.07, 6.45) is 0. The molecule has 0 heterocycles. The second kappa shape index (κ2) is 9.71. The maximum absolute atomic E-state index is 14.2. The molecule has 0 aliphatic carbocycles. The van der Waals surface area contributed by atoms with Crippen LogP contribution in [0.4, 0.5) is 10.1 Å². The first-order chi connectivity index (χ1) is 12.4. The lowest BCUT2D eigenvalue weighted by molar-refractivity contribution is 0.292. The largest absolute Gasteiger partial charge is 0.494 e. The zero-order valence-corrected chi connectivity index (χ0v) is 16.6. The average molecular weight is 396 g/mol. The van der Waals surface area contributed by atoms with Gasteiger partial charge >= 0.3 is 0 Å². The fraction of sp³-hybridized carbons (Fsp3) is 0.316.